The Morgan fingerprint density at radius 2 is 2.03 bits per heavy atom. The lowest BCUT2D eigenvalue weighted by Gasteiger charge is -2.37. The zero-order valence-electron chi connectivity index (χ0n) is 17.6. The summed E-state index contributed by atoms with van der Waals surface area (Å²) in [7, 11) is 0. The predicted molar refractivity (Wildman–Crippen MR) is 119 cm³/mol. The molecule has 30 heavy (non-hydrogen) atoms. The first-order valence-electron chi connectivity index (χ1n) is 10.9. The van der Waals surface area contributed by atoms with Gasteiger partial charge in [0.1, 0.15) is 11.1 Å². The zero-order chi connectivity index (χ0) is 20.9. The van der Waals surface area contributed by atoms with Crippen molar-refractivity contribution in [3.8, 4) is 6.07 Å². The molecule has 3 heterocycles. The monoisotopic (exact) mass is 423 g/mol. The Balaban J connectivity index is 1.34. The van der Waals surface area contributed by atoms with E-state index in [-0.39, 0.29) is 11.9 Å². The molecule has 1 aliphatic heterocycles. The molecular formula is C23H29N5OS. The molecule has 7 heteroatoms. The van der Waals surface area contributed by atoms with Gasteiger partial charge in [-0.15, -0.1) is 11.3 Å². The largest absolute Gasteiger partial charge is 0.315 e. The highest BCUT2D eigenvalue weighted by Crippen LogP contribution is 2.37. The number of nitrogens with one attached hydrogen (secondary N) is 1. The first-order chi connectivity index (χ1) is 14.7. The van der Waals surface area contributed by atoms with Gasteiger partial charge in [0, 0.05) is 43.8 Å². The van der Waals surface area contributed by atoms with E-state index in [1.807, 2.05) is 25.3 Å². The maximum atomic E-state index is 13.0. The standard InChI is InChI=1S/C23H29N5OS/c1-17(28-13-11-27(12-14-28)16-18-7-5-6-10-25-18)22(29)26-23-20(15-24)19-8-3-2-4-9-21(19)30-23/h5-7,10,17H,2-4,8-9,11-14,16H2,1H3,(H,26,29). The number of hydrogen-bond donors (Lipinski definition) is 1. The van der Waals surface area contributed by atoms with Gasteiger partial charge in [0.25, 0.3) is 0 Å². The topological polar surface area (TPSA) is 72.3 Å². The number of pyridine rings is 1. The molecule has 0 spiro atoms. The van der Waals surface area contributed by atoms with E-state index in [2.05, 4.69) is 32.2 Å². The van der Waals surface area contributed by atoms with Crippen molar-refractivity contribution in [1.82, 2.24) is 14.8 Å². The van der Waals surface area contributed by atoms with Gasteiger partial charge in [-0.05, 0) is 50.3 Å². The normalized spacial score (nSPS) is 18.8. The third-order valence-corrected chi connectivity index (χ3v) is 7.42. The Kier molecular flexibility index (Phi) is 6.78. The first-order valence-corrected chi connectivity index (χ1v) is 11.7. The van der Waals surface area contributed by atoms with Crippen LogP contribution in [-0.4, -0.2) is 52.9 Å². The number of rotatable bonds is 5. The summed E-state index contributed by atoms with van der Waals surface area (Å²) in [6, 6.07) is 8.15. The Hall–Kier alpha value is -2.27. The first kappa shape index (κ1) is 21.0. The number of hydrogen-bond acceptors (Lipinski definition) is 6. The van der Waals surface area contributed by atoms with Crippen LogP contribution >= 0.6 is 11.3 Å². The molecule has 0 aromatic carbocycles. The molecule has 1 unspecified atom stereocenters. The van der Waals surface area contributed by atoms with Crippen molar-refractivity contribution in [2.24, 2.45) is 0 Å². The quantitative estimate of drug-likeness (QED) is 0.746. The molecule has 0 saturated carbocycles. The van der Waals surface area contributed by atoms with E-state index in [0.29, 0.717) is 5.56 Å². The fourth-order valence-electron chi connectivity index (χ4n) is 4.36. The van der Waals surface area contributed by atoms with E-state index < -0.39 is 0 Å². The number of piperazine rings is 1. The van der Waals surface area contributed by atoms with E-state index in [0.717, 1.165) is 62.7 Å². The maximum absolute atomic E-state index is 13.0. The maximum Gasteiger partial charge on any atom is 0.242 e. The summed E-state index contributed by atoms with van der Waals surface area (Å²) >= 11 is 1.61. The second-order valence-electron chi connectivity index (χ2n) is 8.18. The molecular weight excluding hydrogens is 394 g/mol. The summed E-state index contributed by atoms with van der Waals surface area (Å²) in [5.74, 6) is -0.0129. The lowest BCUT2D eigenvalue weighted by molar-refractivity contribution is -0.121. The Labute approximate surface area is 182 Å². The summed E-state index contributed by atoms with van der Waals surface area (Å²) in [5, 5.41) is 13.5. The van der Waals surface area contributed by atoms with Crippen molar-refractivity contribution in [2.75, 3.05) is 31.5 Å². The molecule has 1 N–H and O–H groups in total. The van der Waals surface area contributed by atoms with Crippen molar-refractivity contribution >= 4 is 22.2 Å². The molecule has 1 aliphatic carbocycles. The Bertz CT molecular complexity index is 912. The molecule has 6 nitrogen and oxygen atoms in total. The molecule has 2 aliphatic rings. The SMILES string of the molecule is CC(C(=O)Nc1sc2c(c1C#N)CCCCC2)N1CCN(Cc2ccccn2)CC1. The highest BCUT2D eigenvalue weighted by atomic mass is 32.1. The zero-order valence-corrected chi connectivity index (χ0v) is 18.4. The molecule has 4 rings (SSSR count). The molecule has 2 aromatic rings. The lowest BCUT2D eigenvalue weighted by atomic mass is 10.1. The number of nitriles is 1. The number of carbonyl (C=O) groups is 1. The summed E-state index contributed by atoms with van der Waals surface area (Å²) in [6.45, 7) is 6.37. The Morgan fingerprint density at radius 3 is 2.77 bits per heavy atom. The minimum atomic E-state index is -0.213. The van der Waals surface area contributed by atoms with Gasteiger partial charge in [-0.25, -0.2) is 0 Å². The number of nitrogens with zero attached hydrogens (tertiary/aromatic N) is 4. The van der Waals surface area contributed by atoms with Gasteiger partial charge in [0.05, 0.1) is 17.3 Å². The van der Waals surface area contributed by atoms with Crippen LogP contribution in [0.5, 0.6) is 0 Å². The van der Waals surface area contributed by atoms with Crippen LogP contribution in [0, 0.1) is 11.3 Å². The number of aromatic nitrogens is 1. The van der Waals surface area contributed by atoms with E-state index in [1.54, 1.807) is 11.3 Å². The number of anilines is 1. The summed E-state index contributed by atoms with van der Waals surface area (Å²) < 4.78 is 0. The molecule has 1 atom stereocenters. The van der Waals surface area contributed by atoms with Crippen molar-refractivity contribution in [2.45, 2.75) is 51.6 Å². The molecule has 1 saturated heterocycles. The van der Waals surface area contributed by atoms with E-state index in [9.17, 15) is 10.1 Å². The van der Waals surface area contributed by atoms with Gasteiger partial charge in [0.2, 0.25) is 5.91 Å². The highest BCUT2D eigenvalue weighted by Gasteiger charge is 2.28. The fraction of sp³-hybridized carbons (Fsp3) is 0.522. The molecule has 1 amide bonds. The lowest BCUT2D eigenvalue weighted by Crippen LogP contribution is -2.52. The Morgan fingerprint density at radius 1 is 1.23 bits per heavy atom. The minimum Gasteiger partial charge on any atom is -0.315 e. The van der Waals surface area contributed by atoms with Crippen molar-refractivity contribution in [3.63, 3.8) is 0 Å². The highest BCUT2D eigenvalue weighted by molar-refractivity contribution is 7.16. The molecule has 0 bridgehead atoms. The van der Waals surface area contributed by atoms with E-state index in [4.69, 9.17) is 0 Å². The average Bonchev–Trinajstić information content (AvgIpc) is 2.93. The minimum absolute atomic E-state index is 0.0129. The third kappa shape index (κ3) is 4.72. The summed E-state index contributed by atoms with van der Waals surface area (Å²) in [4.78, 5) is 23.3. The number of aryl methyl sites for hydroxylation is 1. The average molecular weight is 424 g/mol. The molecule has 158 valence electrons. The summed E-state index contributed by atoms with van der Waals surface area (Å²) in [5.41, 5.74) is 2.95. The van der Waals surface area contributed by atoms with Crippen molar-refractivity contribution in [1.29, 1.82) is 5.26 Å². The number of amides is 1. The van der Waals surface area contributed by atoms with Crippen LogP contribution in [0.4, 0.5) is 5.00 Å². The summed E-state index contributed by atoms with van der Waals surface area (Å²) in [6.07, 6.45) is 7.33. The van der Waals surface area contributed by atoms with Gasteiger partial charge in [-0.1, -0.05) is 12.5 Å². The second kappa shape index (κ2) is 9.69. The van der Waals surface area contributed by atoms with Crippen LogP contribution in [0.1, 0.15) is 47.9 Å². The van der Waals surface area contributed by atoms with Gasteiger partial charge in [-0.3, -0.25) is 19.6 Å². The number of fused-ring (bicyclic) bond motifs is 1. The molecule has 2 aromatic heterocycles. The number of carbonyl (C=O) groups excluding carboxylic acids is 1. The van der Waals surface area contributed by atoms with Crippen LogP contribution in [0.25, 0.3) is 0 Å². The van der Waals surface area contributed by atoms with Crippen molar-refractivity contribution in [3.05, 3.63) is 46.1 Å². The molecule has 0 radical (unpaired) electrons. The van der Waals surface area contributed by atoms with Gasteiger partial charge in [-0.2, -0.15) is 5.26 Å². The number of thiophene rings is 1. The van der Waals surface area contributed by atoms with Crippen LogP contribution < -0.4 is 5.32 Å². The molecule has 1 fully saturated rings. The van der Waals surface area contributed by atoms with Crippen molar-refractivity contribution < 1.29 is 4.79 Å². The van der Waals surface area contributed by atoms with E-state index in [1.165, 1.54) is 23.3 Å². The van der Waals surface area contributed by atoms with E-state index >= 15 is 0 Å². The predicted octanol–water partition coefficient (Wildman–Crippen LogP) is 3.43. The van der Waals surface area contributed by atoms with Gasteiger partial charge >= 0.3 is 0 Å². The van der Waals surface area contributed by atoms with Crippen LogP contribution in [0.3, 0.4) is 0 Å². The smallest absolute Gasteiger partial charge is 0.242 e. The van der Waals surface area contributed by atoms with Gasteiger partial charge in [0.15, 0.2) is 0 Å². The van der Waals surface area contributed by atoms with Crippen LogP contribution in [0.15, 0.2) is 24.4 Å². The van der Waals surface area contributed by atoms with Gasteiger partial charge < -0.3 is 5.32 Å². The second-order valence-corrected chi connectivity index (χ2v) is 9.28. The third-order valence-electron chi connectivity index (χ3n) is 6.22. The van der Waals surface area contributed by atoms with Crippen LogP contribution in [-0.2, 0) is 24.2 Å². The fourth-order valence-corrected chi connectivity index (χ4v) is 5.60. The van der Waals surface area contributed by atoms with Crippen LogP contribution in [0.2, 0.25) is 0 Å².